The maximum absolute atomic E-state index is 13.3. The van der Waals surface area contributed by atoms with Crippen molar-refractivity contribution in [3.8, 4) is 6.07 Å². The highest BCUT2D eigenvalue weighted by molar-refractivity contribution is 5.45. The van der Waals surface area contributed by atoms with Crippen molar-refractivity contribution in [2.24, 2.45) is 0 Å². The van der Waals surface area contributed by atoms with Gasteiger partial charge >= 0.3 is 0 Å². The lowest BCUT2D eigenvalue weighted by molar-refractivity contribution is 0.625. The fourth-order valence-electron chi connectivity index (χ4n) is 1.88. The smallest absolute Gasteiger partial charge is 0.124 e. The van der Waals surface area contributed by atoms with E-state index in [2.05, 4.69) is 24.4 Å². The van der Waals surface area contributed by atoms with Crippen LogP contribution in [0.5, 0.6) is 0 Å². The quantitative estimate of drug-likeness (QED) is 0.899. The van der Waals surface area contributed by atoms with Crippen LogP contribution in [0.25, 0.3) is 0 Å². The van der Waals surface area contributed by atoms with Crippen LogP contribution in [0.3, 0.4) is 0 Å². The van der Waals surface area contributed by atoms with Crippen LogP contribution in [0.15, 0.2) is 42.5 Å². The van der Waals surface area contributed by atoms with Crippen molar-refractivity contribution in [3.05, 3.63) is 65.0 Å². The van der Waals surface area contributed by atoms with Crippen molar-refractivity contribution in [1.29, 1.82) is 5.26 Å². The first-order valence-electron chi connectivity index (χ1n) is 6.23. The molecule has 0 aliphatic rings. The molecule has 0 heterocycles. The summed E-state index contributed by atoms with van der Waals surface area (Å²) in [7, 11) is 0. The van der Waals surface area contributed by atoms with Gasteiger partial charge in [0, 0.05) is 12.2 Å². The van der Waals surface area contributed by atoms with E-state index in [4.69, 9.17) is 5.26 Å². The molecule has 3 heteroatoms. The van der Waals surface area contributed by atoms with Crippen molar-refractivity contribution in [2.75, 3.05) is 5.32 Å². The Bertz CT molecular complexity index is 597. The predicted molar refractivity (Wildman–Crippen MR) is 74.3 cm³/mol. The van der Waals surface area contributed by atoms with Gasteiger partial charge in [0.25, 0.3) is 0 Å². The van der Waals surface area contributed by atoms with Gasteiger partial charge in [0.1, 0.15) is 5.82 Å². The van der Waals surface area contributed by atoms with Crippen molar-refractivity contribution in [2.45, 2.75) is 19.9 Å². The molecule has 2 aromatic rings. The molecule has 96 valence electrons. The molecule has 0 aliphatic carbocycles. The maximum atomic E-state index is 13.3. The molecular weight excluding hydrogens is 239 g/mol. The normalized spacial score (nSPS) is 9.95. The summed E-state index contributed by atoms with van der Waals surface area (Å²) in [4.78, 5) is 0. The van der Waals surface area contributed by atoms with Crippen LogP contribution in [0.1, 0.15) is 23.6 Å². The summed E-state index contributed by atoms with van der Waals surface area (Å²) >= 11 is 0. The molecule has 0 spiro atoms. The van der Waals surface area contributed by atoms with Crippen LogP contribution in [-0.4, -0.2) is 0 Å². The van der Waals surface area contributed by atoms with Crippen LogP contribution in [0.4, 0.5) is 10.1 Å². The average Bonchev–Trinajstić information content (AvgIpc) is 2.45. The molecule has 0 saturated carbocycles. The number of halogens is 1. The van der Waals surface area contributed by atoms with Gasteiger partial charge in [0.2, 0.25) is 0 Å². The van der Waals surface area contributed by atoms with E-state index in [0.717, 1.165) is 17.7 Å². The lowest BCUT2D eigenvalue weighted by Crippen LogP contribution is -2.00. The standard InChI is InChI=1S/C16H15FN2/c1-2-12-3-5-16(6-4-12)19-11-14-7-13(10-18)8-15(17)9-14/h3-9,19H,2,11H2,1H3. The Balaban J connectivity index is 2.05. The average molecular weight is 254 g/mol. The molecule has 0 atom stereocenters. The second-order valence-corrected chi connectivity index (χ2v) is 4.36. The first kappa shape index (κ1) is 13.1. The zero-order valence-electron chi connectivity index (χ0n) is 10.8. The predicted octanol–water partition coefficient (Wildman–Crippen LogP) is 3.87. The van der Waals surface area contributed by atoms with E-state index in [1.54, 1.807) is 6.07 Å². The lowest BCUT2D eigenvalue weighted by Gasteiger charge is -2.08. The summed E-state index contributed by atoms with van der Waals surface area (Å²) in [6, 6.07) is 14.5. The van der Waals surface area contributed by atoms with Gasteiger partial charge in [-0.3, -0.25) is 0 Å². The largest absolute Gasteiger partial charge is 0.381 e. The summed E-state index contributed by atoms with van der Waals surface area (Å²) in [6.45, 7) is 2.61. The number of nitriles is 1. The monoisotopic (exact) mass is 254 g/mol. The number of aryl methyl sites for hydroxylation is 1. The highest BCUT2D eigenvalue weighted by atomic mass is 19.1. The Morgan fingerprint density at radius 2 is 1.84 bits per heavy atom. The fourth-order valence-corrected chi connectivity index (χ4v) is 1.88. The molecule has 0 saturated heterocycles. The van der Waals surface area contributed by atoms with Crippen LogP contribution < -0.4 is 5.32 Å². The summed E-state index contributed by atoms with van der Waals surface area (Å²) in [5.74, 6) is -0.378. The third kappa shape index (κ3) is 3.56. The molecule has 0 fully saturated rings. The molecule has 2 rings (SSSR count). The second kappa shape index (κ2) is 6.01. The van der Waals surface area contributed by atoms with Crippen molar-refractivity contribution >= 4 is 5.69 Å². The molecule has 0 radical (unpaired) electrons. The van der Waals surface area contributed by atoms with E-state index >= 15 is 0 Å². The topological polar surface area (TPSA) is 35.8 Å². The number of hydrogen-bond donors (Lipinski definition) is 1. The molecule has 0 unspecified atom stereocenters. The van der Waals surface area contributed by atoms with Gasteiger partial charge in [-0.15, -0.1) is 0 Å². The Labute approximate surface area is 112 Å². The number of hydrogen-bond acceptors (Lipinski definition) is 2. The van der Waals surface area contributed by atoms with Crippen molar-refractivity contribution < 1.29 is 4.39 Å². The third-order valence-corrected chi connectivity index (χ3v) is 2.95. The van der Waals surface area contributed by atoms with Gasteiger partial charge < -0.3 is 5.32 Å². The summed E-state index contributed by atoms with van der Waals surface area (Å²) in [5.41, 5.74) is 3.37. The number of rotatable bonds is 4. The van der Waals surface area contributed by atoms with E-state index in [1.807, 2.05) is 18.2 Å². The van der Waals surface area contributed by atoms with E-state index in [0.29, 0.717) is 12.1 Å². The van der Waals surface area contributed by atoms with E-state index in [9.17, 15) is 4.39 Å². The molecule has 2 aromatic carbocycles. The fraction of sp³-hybridized carbons (Fsp3) is 0.188. The first-order chi connectivity index (χ1) is 9.21. The SMILES string of the molecule is CCc1ccc(NCc2cc(F)cc(C#N)c2)cc1. The molecule has 0 bridgehead atoms. The van der Waals surface area contributed by atoms with Gasteiger partial charge in [0.15, 0.2) is 0 Å². The number of nitrogens with zero attached hydrogens (tertiary/aromatic N) is 1. The number of nitrogens with one attached hydrogen (secondary N) is 1. The molecule has 0 amide bonds. The van der Waals surface area contributed by atoms with Crippen molar-refractivity contribution in [3.63, 3.8) is 0 Å². The van der Waals surface area contributed by atoms with Crippen LogP contribution in [0, 0.1) is 17.1 Å². The van der Waals surface area contributed by atoms with Gasteiger partial charge in [-0.1, -0.05) is 19.1 Å². The highest BCUT2D eigenvalue weighted by Gasteiger charge is 2.01. The molecule has 0 aliphatic heterocycles. The minimum atomic E-state index is -0.378. The molecular formula is C16H15FN2. The van der Waals surface area contributed by atoms with Gasteiger partial charge in [-0.05, 0) is 47.9 Å². The molecule has 1 N–H and O–H groups in total. The second-order valence-electron chi connectivity index (χ2n) is 4.36. The highest BCUT2D eigenvalue weighted by Crippen LogP contribution is 2.13. The molecule has 19 heavy (non-hydrogen) atoms. The molecule has 0 aromatic heterocycles. The zero-order valence-corrected chi connectivity index (χ0v) is 10.8. The Hall–Kier alpha value is -2.34. The summed E-state index contributed by atoms with van der Waals surface area (Å²) in [5, 5.41) is 12.0. The Kier molecular flexibility index (Phi) is 4.15. The van der Waals surface area contributed by atoms with Gasteiger partial charge in [0.05, 0.1) is 11.6 Å². The van der Waals surface area contributed by atoms with E-state index in [-0.39, 0.29) is 5.82 Å². The minimum absolute atomic E-state index is 0.345. The number of anilines is 1. The maximum Gasteiger partial charge on any atom is 0.124 e. The summed E-state index contributed by atoms with van der Waals surface area (Å²) in [6.07, 6.45) is 1.01. The van der Waals surface area contributed by atoms with Crippen LogP contribution in [-0.2, 0) is 13.0 Å². The van der Waals surface area contributed by atoms with Crippen LogP contribution >= 0.6 is 0 Å². The van der Waals surface area contributed by atoms with E-state index in [1.165, 1.54) is 17.7 Å². The Morgan fingerprint density at radius 3 is 2.47 bits per heavy atom. The van der Waals surface area contributed by atoms with Gasteiger partial charge in [-0.2, -0.15) is 5.26 Å². The van der Waals surface area contributed by atoms with Crippen LogP contribution in [0.2, 0.25) is 0 Å². The Morgan fingerprint density at radius 1 is 1.11 bits per heavy atom. The lowest BCUT2D eigenvalue weighted by atomic mass is 10.1. The summed E-state index contributed by atoms with van der Waals surface area (Å²) < 4.78 is 13.3. The van der Waals surface area contributed by atoms with Gasteiger partial charge in [-0.25, -0.2) is 4.39 Å². The number of benzene rings is 2. The molecule has 2 nitrogen and oxygen atoms in total. The van der Waals surface area contributed by atoms with Crippen molar-refractivity contribution in [1.82, 2.24) is 0 Å². The first-order valence-corrected chi connectivity index (χ1v) is 6.23. The minimum Gasteiger partial charge on any atom is -0.381 e. The third-order valence-electron chi connectivity index (χ3n) is 2.95. The van der Waals surface area contributed by atoms with E-state index < -0.39 is 0 Å². The zero-order chi connectivity index (χ0) is 13.7.